The van der Waals surface area contributed by atoms with Gasteiger partial charge in [-0.25, -0.2) is 0 Å². The van der Waals surface area contributed by atoms with Crippen LogP contribution in [0.15, 0.2) is 24.3 Å². The van der Waals surface area contributed by atoms with Gasteiger partial charge in [0.25, 0.3) is 0 Å². The van der Waals surface area contributed by atoms with Gasteiger partial charge >= 0.3 is 0 Å². The minimum atomic E-state index is 0.285. The molecular weight excluding hydrogens is 198 g/mol. The van der Waals surface area contributed by atoms with E-state index < -0.39 is 0 Å². The Hall–Kier alpha value is -0.860. The van der Waals surface area contributed by atoms with Crippen LogP contribution in [0.4, 0.5) is 0 Å². The molecule has 0 bridgehead atoms. The van der Waals surface area contributed by atoms with E-state index in [0.29, 0.717) is 12.0 Å². The molecular formula is C14H21NO. The van der Waals surface area contributed by atoms with Crippen molar-refractivity contribution in [2.24, 2.45) is 5.92 Å². The molecule has 1 aromatic carbocycles. The zero-order valence-electron chi connectivity index (χ0n) is 10.2. The molecule has 1 aliphatic rings. The zero-order chi connectivity index (χ0) is 11.5. The van der Waals surface area contributed by atoms with Crippen molar-refractivity contribution in [1.29, 1.82) is 0 Å². The van der Waals surface area contributed by atoms with Crippen molar-refractivity contribution < 1.29 is 5.11 Å². The first-order valence-electron chi connectivity index (χ1n) is 6.11. The van der Waals surface area contributed by atoms with Gasteiger partial charge in [-0.2, -0.15) is 0 Å². The Morgan fingerprint density at radius 3 is 2.94 bits per heavy atom. The first-order valence-corrected chi connectivity index (χ1v) is 6.11. The van der Waals surface area contributed by atoms with Crippen LogP contribution < -0.4 is 0 Å². The molecule has 2 nitrogen and oxygen atoms in total. The van der Waals surface area contributed by atoms with Crippen molar-refractivity contribution in [1.82, 2.24) is 4.90 Å². The van der Waals surface area contributed by atoms with Crippen molar-refractivity contribution in [3.8, 4) is 0 Å². The number of likely N-dealkylation sites (tertiary alicyclic amines) is 1. The summed E-state index contributed by atoms with van der Waals surface area (Å²) in [6, 6.07) is 8.99. The molecule has 1 aromatic rings. The third kappa shape index (κ3) is 2.45. The maximum Gasteiger partial charge on any atom is 0.0589 e. The van der Waals surface area contributed by atoms with Gasteiger partial charge in [-0.3, -0.25) is 4.90 Å². The Morgan fingerprint density at radius 2 is 2.25 bits per heavy atom. The van der Waals surface area contributed by atoms with E-state index in [0.717, 1.165) is 13.1 Å². The topological polar surface area (TPSA) is 23.5 Å². The maximum atomic E-state index is 9.40. The fourth-order valence-corrected chi connectivity index (χ4v) is 2.62. The van der Waals surface area contributed by atoms with E-state index in [9.17, 15) is 5.11 Å². The van der Waals surface area contributed by atoms with E-state index in [1.165, 1.54) is 17.5 Å². The SMILES string of the molecule is Cc1cccc(CN2CCC(C)C2CO)c1. The summed E-state index contributed by atoms with van der Waals surface area (Å²) in [5.74, 6) is 0.620. The molecule has 2 rings (SSSR count). The van der Waals surface area contributed by atoms with Gasteiger partial charge in [0.05, 0.1) is 6.61 Å². The predicted molar refractivity (Wildman–Crippen MR) is 66.2 cm³/mol. The normalized spacial score (nSPS) is 26.2. The average Bonchev–Trinajstić information content (AvgIpc) is 2.59. The van der Waals surface area contributed by atoms with Crippen molar-refractivity contribution >= 4 is 0 Å². The smallest absolute Gasteiger partial charge is 0.0589 e. The molecule has 2 heteroatoms. The Morgan fingerprint density at radius 1 is 1.44 bits per heavy atom. The number of hydrogen-bond acceptors (Lipinski definition) is 2. The van der Waals surface area contributed by atoms with Crippen LogP contribution in [0.3, 0.4) is 0 Å². The lowest BCUT2D eigenvalue weighted by molar-refractivity contribution is 0.134. The molecule has 1 heterocycles. The van der Waals surface area contributed by atoms with E-state index in [1.54, 1.807) is 0 Å². The number of aliphatic hydroxyl groups excluding tert-OH is 1. The molecule has 1 fully saturated rings. The lowest BCUT2D eigenvalue weighted by Gasteiger charge is -2.25. The highest BCUT2D eigenvalue weighted by atomic mass is 16.3. The largest absolute Gasteiger partial charge is 0.395 e. The van der Waals surface area contributed by atoms with Crippen LogP contribution in [0.1, 0.15) is 24.5 Å². The minimum Gasteiger partial charge on any atom is -0.395 e. The van der Waals surface area contributed by atoms with E-state index >= 15 is 0 Å². The number of nitrogens with zero attached hydrogens (tertiary/aromatic N) is 1. The molecule has 1 N–H and O–H groups in total. The van der Waals surface area contributed by atoms with Gasteiger partial charge in [0.2, 0.25) is 0 Å². The third-order valence-corrected chi connectivity index (χ3v) is 3.65. The molecule has 0 spiro atoms. The van der Waals surface area contributed by atoms with Crippen molar-refractivity contribution in [3.63, 3.8) is 0 Å². The van der Waals surface area contributed by atoms with Gasteiger partial charge in [-0.1, -0.05) is 36.8 Å². The monoisotopic (exact) mass is 219 g/mol. The second kappa shape index (κ2) is 4.98. The first kappa shape index (κ1) is 11.6. The standard InChI is InChI=1S/C14H21NO/c1-11-4-3-5-13(8-11)9-15-7-6-12(2)14(15)10-16/h3-5,8,12,14,16H,6-7,9-10H2,1-2H3. The second-order valence-corrected chi connectivity index (χ2v) is 4.98. The first-order chi connectivity index (χ1) is 7.70. The summed E-state index contributed by atoms with van der Waals surface area (Å²) < 4.78 is 0. The number of rotatable bonds is 3. The molecule has 0 radical (unpaired) electrons. The molecule has 0 amide bonds. The molecule has 16 heavy (non-hydrogen) atoms. The lowest BCUT2D eigenvalue weighted by Crippen LogP contribution is -2.34. The molecule has 88 valence electrons. The Balaban J connectivity index is 2.04. The summed E-state index contributed by atoms with van der Waals surface area (Å²) in [5.41, 5.74) is 2.66. The molecule has 0 saturated carbocycles. The van der Waals surface area contributed by atoms with Gasteiger partial charge < -0.3 is 5.11 Å². The minimum absolute atomic E-state index is 0.285. The van der Waals surface area contributed by atoms with Crippen LogP contribution in [0.2, 0.25) is 0 Å². The van der Waals surface area contributed by atoms with E-state index in [-0.39, 0.29) is 6.61 Å². The average molecular weight is 219 g/mol. The zero-order valence-corrected chi connectivity index (χ0v) is 10.2. The number of hydrogen-bond donors (Lipinski definition) is 1. The van der Waals surface area contributed by atoms with Crippen LogP contribution in [0.25, 0.3) is 0 Å². The highest BCUT2D eigenvalue weighted by Gasteiger charge is 2.30. The summed E-state index contributed by atoms with van der Waals surface area (Å²) in [6.45, 7) is 6.72. The number of aryl methyl sites for hydroxylation is 1. The van der Waals surface area contributed by atoms with Crippen LogP contribution in [-0.4, -0.2) is 29.2 Å². The van der Waals surface area contributed by atoms with Gasteiger partial charge in [0, 0.05) is 12.6 Å². The summed E-state index contributed by atoms with van der Waals surface area (Å²) in [6.07, 6.45) is 1.21. The summed E-state index contributed by atoms with van der Waals surface area (Å²) in [5, 5.41) is 9.40. The van der Waals surface area contributed by atoms with E-state index in [4.69, 9.17) is 0 Å². The summed E-state index contributed by atoms with van der Waals surface area (Å²) >= 11 is 0. The highest BCUT2D eigenvalue weighted by molar-refractivity contribution is 5.22. The highest BCUT2D eigenvalue weighted by Crippen LogP contribution is 2.25. The second-order valence-electron chi connectivity index (χ2n) is 4.98. The molecule has 0 aliphatic carbocycles. The maximum absolute atomic E-state index is 9.40. The summed E-state index contributed by atoms with van der Waals surface area (Å²) in [7, 11) is 0. The number of benzene rings is 1. The van der Waals surface area contributed by atoms with Gasteiger partial charge in [0.1, 0.15) is 0 Å². The Kier molecular flexibility index (Phi) is 3.62. The van der Waals surface area contributed by atoms with Crippen molar-refractivity contribution in [2.45, 2.75) is 32.9 Å². The molecule has 0 aromatic heterocycles. The third-order valence-electron chi connectivity index (χ3n) is 3.65. The van der Waals surface area contributed by atoms with E-state index in [1.807, 2.05) is 0 Å². The molecule has 1 saturated heterocycles. The fraction of sp³-hybridized carbons (Fsp3) is 0.571. The quantitative estimate of drug-likeness (QED) is 0.842. The molecule has 2 unspecified atom stereocenters. The number of aliphatic hydroxyl groups is 1. The Bertz CT molecular complexity index is 350. The predicted octanol–water partition coefficient (Wildman–Crippen LogP) is 2.20. The Labute approximate surface area is 97.9 Å². The van der Waals surface area contributed by atoms with Crippen LogP contribution >= 0.6 is 0 Å². The van der Waals surface area contributed by atoms with Gasteiger partial charge in [-0.05, 0) is 31.4 Å². The van der Waals surface area contributed by atoms with E-state index in [2.05, 4.69) is 43.0 Å². The molecule has 2 atom stereocenters. The fourth-order valence-electron chi connectivity index (χ4n) is 2.62. The summed E-state index contributed by atoms with van der Waals surface area (Å²) in [4.78, 5) is 2.40. The van der Waals surface area contributed by atoms with Crippen LogP contribution in [0.5, 0.6) is 0 Å². The van der Waals surface area contributed by atoms with Crippen LogP contribution in [0, 0.1) is 12.8 Å². The van der Waals surface area contributed by atoms with Gasteiger partial charge in [-0.15, -0.1) is 0 Å². The lowest BCUT2D eigenvalue weighted by atomic mass is 10.0. The van der Waals surface area contributed by atoms with Crippen molar-refractivity contribution in [3.05, 3.63) is 35.4 Å². The van der Waals surface area contributed by atoms with Crippen LogP contribution in [-0.2, 0) is 6.54 Å². The molecule has 1 aliphatic heterocycles. The van der Waals surface area contributed by atoms with Gasteiger partial charge in [0.15, 0.2) is 0 Å². The van der Waals surface area contributed by atoms with Crippen molar-refractivity contribution in [2.75, 3.05) is 13.2 Å².